The maximum Gasteiger partial charge on any atom is 0.225 e. The average Bonchev–Trinajstić information content (AvgIpc) is 2.79. The molecule has 0 aliphatic carbocycles. The van der Waals surface area contributed by atoms with E-state index in [1.165, 1.54) is 27.9 Å². The highest BCUT2D eigenvalue weighted by Gasteiger charge is 2.25. The summed E-state index contributed by atoms with van der Waals surface area (Å²) in [5, 5.41) is 0. The minimum Gasteiger partial charge on any atom is -0.399 e. The van der Waals surface area contributed by atoms with Crippen LogP contribution in [-0.4, -0.2) is 42.8 Å². The van der Waals surface area contributed by atoms with Crippen molar-refractivity contribution in [3.8, 4) is 11.1 Å². The summed E-state index contributed by atoms with van der Waals surface area (Å²) in [6, 6.07) is 14.6. The summed E-state index contributed by atoms with van der Waals surface area (Å²) in [7, 11) is 0. The van der Waals surface area contributed by atoms with Gasteiger partial charge in [-0.2, -0.15) is 0 Å². The Kier molecular flexibility index (Phi) is 4.77. The van der Waals surface area contributed by atoms with Crippen LogP contribution in [0.5, 0.6) is 0 Å². The summed E-state index contributed by atoms with van der Waals surface area (Å²) in [6.45, 7) is 5.18. The molecule has 2 aliphatic heterocycles. The molecule has 0 amide bonds. The number of benzene rings is 2. The lowest BCUT2D eigenvalue weighted by Gasteiger charge is -2.36. The van der Waals surface area contributed by atoms with Crippen molar-refractivity contribution in [3.05, 3.63) is 66.0 Å². The third-order valence-corrected chi connectivity index (χ3v) is 5.74. The van der Waals surface area contributed by atoms with E-state index in [1.807, 2.05) is 30.6 Å². The van der Waals surface area contributed by atoms with Gasteiger partial charge in [0.25, 0.3) is 0 Å². The van der Waals surface area contributed by atoms with Crippen LogP contribution in [0.1, 0.15) is 11.1 Å². The SMILES string of the molecule is Nc1ccc(-c2cc3c(c(N4CCOCC4)c2)CCN(c2ncccn2)C3)cc1. The summed E-state index contributed by atoms with van der Waals surface area (Å²) in [5.41, 5.74) is 13.2. The van der Waals surface area contributed by atoms with E-state index < -0.39 is 0 Å². The Morgan fingerprint density at radius 2 is 1.62 bits per heavy atom. The smallest absolute Gasteiger partial charge is 0.225 e. The number of nitrogen functional groups attached to an aromatic ring is 1. The fourth-order valence-corrected chi connectivity index (χ4v) is 4.23. The lowest BCUT2D eigenvalue weighted by Crippen LogP contribution is -2.38. The summed E-state index contributed by atoms with van der Waals surface area (Å²) in [6.07, 6.45) is 4.60. The van der Waals surface area contributed by atoms with Gasteiger partial charge in [-0.15, -0.1) is 0 Å². The molecule has 2 N–H and O–H groups in total. The van der Waals surface area contributed by atoms with Crippen molar-refractivity contribution in [2.24, 2.45) is 0 Å². The largest absolute Gasteiger partial charge is 0.399 e. The Balaban J connectivity index is 1.56. The van der Waals surface area contributed by atoms with E-state index in [-0.39, 0.29) is 0 Å². The van der Waals surface area contributed by atoms with E-state index in [4.69, 9.17) is 10.5 Å². The molecule has 0 spiro atoms. The number of hydrogen-bond donors (Lipinski definition) is 1. The van der Waals surface area contributed by atoms with Crippen molar-refractivity contribution in [2.45, 2.75) is 13.0 Å². The standard InChI is InChI=1S/C23H25N5O/c24-20-4-2-17(3-5-20)18-14-19-16-28(23-25-7-1-8-26-23)9-6-21(19)22(15-18)27-10-12-29-13-11-27/h1-5,7-8,14-15H,6,9-13,16,24H2. The molecule has 0 atom stereocenters. The van der Waals surface area contributed by atoms with Gasteiger partial charge >= 0.3 is 0 Å². The Labute approximate surface area is 171 Å². The van der Waals surface area contributed by atoms with Crippen LogP contribution in [0.2, 0.25) is 0 Å². The second kappa shape index (κ2) is 7.72. The van der Waals surface area contributed by atoms with Crippen molar-refractivity contribution < 1.29 is 4.74 Å². The van der Waals surface area contributed by atoms with Crippen molar-refractivity contribution in [1.82, 2.24) is 9.97 Å². The van der Waals surface area contributed by atoms with Gasteiger partial charge in [0.1, 0.15) is 0 Å². The molecule has 6 nitrogen and oxygen atoms in total. The van der Waals surface area contributed by atoms with Crippen LogP contribution in [0.25, 0.3) is 11.1 Å². The van der Waals surface area contributed by atoms with Crippen LogP contribution in [0.15, 0.2) is 54.9 Å². The lowest BCUT2D eigenvalue weighted by atomic mass is 9.92. The quantitative estimate of drug-likeness (QED) is 0.697. The maximum absolute atomic E-state index is 5.90. The summed E-state index contributed by atoms with van der Waals surface area (Å²) in [5.74, 6) is 0.795. The summed E-state index contributed by atoms with van der Waals surface area (Å²) < 4.78 is 5.59. The Hall–Kier alpha value is -3.12. The number of morpholine rings is 1. The first-order valence-electron chi connectivity index (χ1n) is 10.1. The third-order valence-electron chi connectivity index (χ3n) is 5.74. The molecule has 0 unspecified atom stereocenters. The van der Waals surface area contributed by atoms with Crippen molar-refractivity contribution in [3.63, 3.8) is 0 Å². The number of nitrogens with two attached hydrogens (primary N) is 1. The lowest BCUT2D eigenvalue weighted by molar-refractivity contribution is 0.122. The maximum atomic E-state index is 5.90. The van der Waals surface area contributed by atoms with E-state index in [1.54, 1.807) is 0 Å². The molecule has 29 heavy (non-hydrogen) atoms. The third kappa shape index (κ3) is 3.63. The molecule has 1 aromatic heterocycles. The predicted octanol–water partition coefficient (Wildman–Crippen LogP) is 3.13. The second-order valence-electron chi connectivity index (χ2n) is 7.57. The molecule has 6 heteroatoms. The van der Waals surface area contributed by atoms with E-state index in [0.717, 1.165) is 57.4 Å². The number of hydrogen-bond acceptors (Lipinski definition) is 6. The molecule has 3 aromatic rings. The first-order chi connectivity index (χ1) is 14.3. The minimum absolute atomic E-state index is 0.783. The van der Waals surface area contributed by atoms with Crippen molar-refractivity contribution in [2.75, 3.05) is 48.4 Å². The molecule has 148 valence electrons. The summed E-state index contributed by atoms with van der Waals surface area (Å²) >= 11 is 0. The van der Waals surface area contributed by atoms with Gasteiger partial charge in [0, 0.05) is 49.9 Å². The number of anilines is 3. The molecule has 3 heterocycles. The number of fused-ring (bicyclic) bond motifs is 1. The van der Waals surface area contributed by atoms with Gasteiger partial charge in [-0.05, 0) is 59.0 Å². The minimum atomic E-state index is 0.783. The number of ether oxygens (including phenoxy) is 1. The molecule has 0 radical (unpaired) electrons. The van der Waals surface area contributed by atoms with Gasteiger partial charge in [0.05, 0.1) is 13.2 Å². The monoisotopic (exact) mass is 387 g/mol. The van der Waals surface area contributed by atoms with E-state index in [9.17, 15) is 0 Å². The molecule has 1 fully saturated rings. The van der Waals surface area contributed by atoms with E-state index in [0.29, 0.717) is 0 Å². The molecule has 2 aromatic carbocycles. The average molecular weight is 387 g/mol. The summed E-state index contributed by atoms with van der Waals surface area (Å²) in [4.78, 5) is 13.6. The van der Waals surface area contributed by atoms with Gasteiger partial charge in [0.2, 0.25) is 5.95 Å². The fourth-order valence-electron chi connectivity index (χ4n) is 4.23. The van der Waals surface area contributed by atoms with Crippen LogP contribution < -0.4 is 15.5 Å². The number of nitrogens with zero attached hydrogens (tertiary/aromatic N) is 4. The first-order valence-corrected chi connectivity index (χ1v) is 10.1. The predicted molar refractivity (Wildman–Crippen MR) is 116 cm³/mol. The molecule has 0 bridgehead atoms. The Bertz CT molecular complexity index is 984. The molecular formula is C23H25N5O. The topological polar surface area (TPSA) is 67.5 Å². The van der Waals surface area contributed by atoms with Gasteiger partial charge in [0.15, 0.2) is 0 Å². The highest BCUT2D eigenvalue weighted by molar-refractivity contribution is 5.74. The zero-order valence-corrected chi connectivity index (χ0v) is 16.4. The molecule has 2 aliphatic rings. The van der Waals surface area contributed by atoms with Crippen LogP contribution in [-0.2, 0) is 17.7 Å². The van der Waals surface area contributed by atoms with Crippen LogP contribution >= 0.6 is 0 Å². The molecule has 1 saturated heterocycles. The highest BCUT2D eigenvalue weighted by Crippen LogP contribution is 2.36. The van der Waals surface area contributed by atoms with Gasteiger partial charge in [-0.25, -0.2) is 9.97 Å². The number of rotatable bonds is 3. The van der Waals surface area contributed by atoms with Crippen molar-refractivity contribution in [1.29, 1.82) is 0 Å². The Morgan fingerprint density at radius 3 is 2.38 bits per heavy atom. The zero-order valence-electron chi connectivity index (χ0n) is 16.4. The second-order valence-corrected chi connectivity index (χ2v) is 7.57. The van der Waals surface area contributed by atoms with E-state index in [2.05, 4.69) is 44.0 Å². The highest BCUT2D eigenvalue weighted by atomic mass is 16.5. The van der Waals surface area contributed by atoms with Crippen molar-refractivity contribution >= 4 is 17.3 Å². The normalized spacial score (nSPS) is 16.6. The fraction of sp³-hybridized carbons (Fsp3) is 0.304. The van der Waals surface area contributed by atoms with Gasteiger partial charge < -0.3 is 20.3 Å². The zero-order chi connectivity index (χ0) is 19.6. The van der Waals surface area contributed by atoms with Crippen LogP contribution in [0, 0.1) is 0 Å². The number of aromatic nitrogens is 2. The van der Waals surface area contributed by atoms with Gasteiger partial charge in [-0.1, -0.05) is 12.1 Å². The molecular weight excluding hydrogens is 362 g/mol. The Morgan fingerprint density at radius 1 is 0.862 bits per heavy atom. The van der Waals surface area contributed by atoms with Crippen LogP contribution in [0.3, 0.4) is 0 Å². The van der Waals surface area contributed by atoms with Crippen LogP contribution in [0.4, 0.5) is 17.3 Å². The first kappa shape index (κ1) is 17.9. The molecule has 5 rings (SSSR count). The van der Waals surface area contributed by atoms with E-state index >= 15 is 0 Å². The van der Waals surface area contributed by atoms with Gasteiger partial charge in [-0.3, -0.25) is 0 Å². The molecule has 0 saturated carbocycles.